The quantitative estimate of drug-likeness (QED) is 0.603. The molecule has 1 saturated heterocycles. The minimum atomic E-state index is -0.677. The number of esters is 1. The predicted molar refractivity (Wildman–Crippen MR) is 117 cm³/mol. The second kappa shape index (κ2) is 10.3. The Labute approximate surface area is 186 Å². The molecule has 2 aromatic carbocycles. The summed E-state index contributed by atoms with van der Waals surface area (Å²) < 4.78 is 20.9. The van der Waals surface area contributed by atoms with Crippen molar-refractivity contribution in [3.8, 4) is 17.2 Å². The first-order valence-electron chi connectivity index (χ1n) is 9.72. The zero-order chi connectivity index (χ0) is 22.4. The van der Waals surface area contributed by atoms with Gasteiger partial charge >= 0.3 is 5.97 Å². The maximum atomic E-state index is 12.6. The molecule has 0 spiro atoms. The molecule has 9 heteroatoms. The fourth-order valence-electron chi connectivity index (χ4n) is 3.37. The fourth-order valence-corrected chi connectivity index (χ4v) is 3.56. The van der Waals surface area contributed by atoms with Gasteiger partial charge in [-0.1, -0.05) is 17.7 Å². The van der Waals surface area contributed by atoms with E-state index in [1.165, 1.54) is 33.5 Å². The van der Waals surface area contributed by atoms with E-state index in [0.717, 1.165) is 5.69 Å². The topological polar surface area (TPSA) is 77.5 Å². The predicted octanol–water partition coefficient (Wildman–Crippen LogP) is 2.87. The second-order valence-corrected chi connectivity index (χ2v) is 7.27. The standard InChI is InChI=1S/C22H25ClN2O6/c1-28-18-13-20(30-3)19(29-2)12-17(18)22(27)31-14-21(26)25-9-7-24(8-10-25)16-6-4-5-15(23)11-16/h4-6,11-13H,7-10,14H2,1-3H3. The molecule has 1 heterocycles. The number of amides is 1. The van der Waals surface area contributed by atoms with Crippen LogP contribution >= 0.6 is 11.6 Å². The number of nitrogens with zero attached hydrogens (tertiary/aromatic N) is 2. The Bertz CT molecular complexity index is 944. The molecule has 1 amide bonds. The van der Waals surface area contributed by atoms with Crippen molar-refractivity contribution < 1.29 is 28.5 Å². The molecule has 1 aliphatic rings. The van der Waals surface area contributed by atoms with Gasteiger partial charge in [0.25, 0.3) is 5.91 Å². The Morgan fingerprint density at radius 1 is 0.903 bits per heavy atom. The van der Waals surface area contributed by atoms with Gasteiger partial charge in [0.2, 0.25) is 0 Å². The van der Waals surface area contributed by atoms with Crippen molar-refractivity contribution in [3.63, 3.8) is 0 Å². The third kappa shape index (κ3) is 5.32. The lowest BCUT2D eigenvalue weighted by Gasteiger charge is -2.36. The van der Waals surface area contributed by atoms with Gasteiger partial charge in [-0.25, -0.2) is 4.79 Å². The van der Waals surface area contributed by atoms with Crippen LogP contribution in [0, 0.1) is 0 Å². The first-order valence-corrected chi connectivity index (χ1v) is 10.1. The number of hydrogen-bond donors (Lipinski definition) is 0. The zero-order valence-electron chi connectivity index (χ0n) is 17.7. The van der Waals surface area contributed by atoms with Crippen molar-refractivity contribution in [1.29, 1.82) is 0 Å². The van der Waals surface area contributed by atoms with Crippen LogP contribution in [0.25, 0.3) is 0 Å². The Balaban J connectivity index is 1.57. The van der Waals surface area contributed by atoms with E-state index < -0.39 is 5.97 Å². The molecule has 166 valence electrons. The summed E-state index contributed by atoms with van der Waals surface area (Å²) in [6.07, 6.45) is 0. The number of hydrogen-bond acceptors (Lipinski definition) is 7. The zero-order valence-corrected chi connectivity index (χ0v) is 18.5. The minimum Gasteiger partial charge on any atom is -0.496 e. The largest absolute Gasteiger partial charge is 0.496 e. The molecule has 0 radical (unpaired) electrons. The Kier molecular flexibility index (Phi) is 7.46. The van der Waals surface area contributed by atoms with Crippen LogP contribution in [-0.2, 0) is 9.53 Å². The van der Waals surface area contributed by atoms with Crippen LogP contribution in [0.3, 0.4) is 0 Å². The van der Waals surface area contributed by atoms with Gasteiger partial charge in [-0.15, -0.1) is 0 Å². The van der Waals surface area contributed by atoms with Gasteiger partial charge in [-0.3, -0.25) is 4.79 Å². The highest BCUT2D eigenvalue weighted by atomic mass is 35.5. The summed E-state index contributed by atoms with van der Waals surface area (Å²) in [5.41, 5.74) is 1.17. The van der Waals surface area contributed by atoms with Gasteiger partial charge in [0.1, 0.15) is 11.3 Å². The normalized spacial score (nSPS) is 13.5. The second-order valence-electron chi connectivity index (χ2n) is 6.83. The van der Waals surface area contributed by atoms with Crippen molar-refractivity contribution >= 4 is 29.2 Å². The Morgan fingerprint density at radius 3 is 2.16 bits per heavy atom. The highest BCUT2D eigenvalue weighted by molar-refractivity contribution is 6.30. The highest BCUT2D eigenvalue weighted by Gasteiger charge is 2.24. The molecule has 0 aromatic heterocycles. The van der Waals surface area contributed by atoms with Crippen LogP contribution in [0.5, 0.6) is 17.2 Å². The summed E-state index contributed by atoms with van der Waals surface area (Å²) in [5, 5.41) is 0.675. The smallest absolute Gasteiger partial charge is 0.342 e. The van der Waals surface area contributed by atoms with Crippen LogP contribution < -0.4 is 19.1 Å². The molecule has 0 saturated carbocycles. The molecule has 0 bridgehead atoms. The first-order chi connectivity index (χ1) is 15.0. The van der Waals surface area contributed by atoms with Gasteiger partial charge < -0.3 is 28.7 Å². The summed E-state index contributed by atoms with van der Waals surface area (Å²) in [7, 11) is 4.38. The van der Waals surface area contributed by atoms with Crippen molar-refractivity contribution in [2.24, 2.45) is 0 Å². The number of piperazine rings is 1. The summed E-state index contributed by atoms with van der Waals surface area (Å²) in [5.74, 6) is 0.121. The van der Waals surface area contributed by atoms with Crippen LogP contribution in [0.4, 0.5) is 5.69 Å². The van der Waals surface area contributed by atoms with Crippen LogP contribution in [-0.4, -0.2) is 70.9 Å². The number of benzene rings is 2. The lowest BCUT2D eigenvalue weighted by molar-refractivity contribution is -0.134. The summed E-state index contributed by atoms with van der Waals surface area (Å²) in [6, 6.07) is 10.6. The van der Waals surface area contributed by atoms with E-state index in [-0.39, 0.29) is 23.8 Å². The molecule has 0 unspecified atom stereocenters. The van der Waals surface area contributed by atoms with Crippen molar-refractivity contribution in [2.75, 3.05) is 59.0 Å². The van der Waals surface area contributed by atoms with E-state index in [9.17, 15) is 9.59 Å². The lowest BCUT2D eigenvalue weighted by atomic mass is 10.1. The molecule has 2 aromatic rings. The number of ether oxygens (including phenoxy) is 4. The van der Waals surface area contributed by atoms with E-state index in [2.05, 4.69) is 4.90 Å². The summed E-state index contributed by atoms with van der Waals surface area (Å²) >= 11 is 6.06. The fraction of sp³-hybridized carbons (Fsp3) is 0.364. The van der Waals surface area contributed by atoms with E-state index >= 15 is 0 Å². The summed E-state index contributed by atoms with van der Waals surface area (Å²) in [4.78, 5) is 28.9. The molecular weight excluding hydrogens is 424 g/mol. The molecular formula is C22H25ClN2O6. The maximum absolute atomic E-state index is 12.6. The third-order valence-electron chi connectivity index (χ3n) is 5.06. The number of methoxy groups -OCH3 is 3. The SMILES string of the molecule is COc1cc(OC)c(C(=O)OCC(=O)N2CCN(c3cccc(Cl)c3)CC2)cc1OC. The van der Waals surface area contributed by atoms with Gasteiger partial charge in [-0.05, 0) is 18.2 Å². The molecule has 0 N–H and O–H groups in total. The van der Waals surface area contributed by atoms with E-state index in [0.29, 0.717) is 42.7 Å². The average Bonchev–Trinajstić information content (AvgIpc) is 2.81. The van der Waals surface area contributed by atoms with E-state index in [1.807, 2.05) is 24.3 Å². The Hall–Kier alpha value is -3.13. The van der Waals surface area contributed by atoms with Gasteiger partial charge in [0.05, 0.1) is 21.3 Å². The third-order valence-corrected chi connectivity index (χ3v) is 5.29. The van der Waals surface area contributed by atoms with Crippen LogP contribution in [0.2, 0.25) is 5.02 Å². The molecule has 1 fully saturated rings. The number of rotatable bonds is 7. The number of halogens is 1. The minimum absolute atomic E-state index is 0.152. The van der Waals surface area contributed by atoms with Crippen LogP contribution in [0.15, 0.2) is 36.4 Å². The highest BCUT2D eigenvalue weighted by Crippen LogP contribution is 2.35. The Morgan fingerprint density at radius 2 is 1.55 bits per heavy atom. The van der Waals surface area contributed by atoms with Gasteiger partial charge in [-0.2, -0.15) is 0 Å². The van der Waals surface area contributed by atoms with Crippen molar-refractivity contribution in [2.45, 2.75) is 0 Å². The van der Waals surface area contributed by atoms with E-state index in [4.69, 9.17) is 30.5 Å². The van der Waals surface area contributed by atoms with Gasteiger partial charge in [0, 0.05) is 49.0 Å². The maximum Gasteiger partial charge on any atom is 0.342 e. The van der Waals surface area contributed by atoms with Gasteiger partial charge in [0.15, 0.2) is 18.1 Å². The lowest BCUT2D eigenvalue weighted by Crippen LogP contribution is -2.49. The van der Waals surface area contributed by atoms with Crippen molar-refractivity contribution in [1.82, 2.24) is 4.90 Å². The molecule has 1 aliphatic heterocycles. The molecule has 31 heavy (non-hydrogen) atoms. The van der Waals surface area contributed by atoms with E-state index in [1.54, 1.807) is 4.90 Å². The summed E-state index contributed by atoms with van der Waals surface area (Å²) in [6.45, 7) is 2.05. The van der Waals surface area contributed by atoms with Crippen LogP contribution in [0.1, 0.15) is 10.4 Å². The first kappa shape index (κ1) is 22.6. The molecule has 8 nitrogen and oxygen atoms in total. The average molecular weight is 449 g/mol. The number of carbonyl (C=O) groups is 2. The monoisotopic (exact) mass is 448 g/mol. The molecule has 0 aliphatic carbocycles. The van der Waals surface area contributed by atoms with Crippen molar-refractivity contribution in [3.05, 3.63) is 47.0 Å². The molecule has 0 atom stereocenters. The number of anilines is 1. The molecule has 3 rings (SSSR count). The number of carbonyl (C=O) groups excluding carboxylic acids is 2.